The number of carbonyl (C=O) groups excluding carboxylic acids is 1. The number of carbonyl (C=O) groups is 1. The summed E-state index contributed by atoms with van der Waals surface area (Å²) in [6.45, 7) is 2.32. The zero-order valence-corrected chi connectivity index (χ0v) is 8.44. The quantitative estimate of drug-likeness (QED) is 0.453. The van der Waals surface area contributed by atoms with Gasteiger partial charge in [0.15, 0.2) is 0 Å². The Kier molecular flexibility index (Phi) is 3.66. The van der Waals surface area contributed by atoms with Gasteiger partial charge < -0.3 is 4.74 Å². The van der Waals surface area contributed by atoms with Gasteiger partial charge in [-0.25, -0.2) is 0 Å². The number of rotatable bonds is 0. The molecule has 1 aliphatic rings. The summed E-state index contributed by atoms with van der Waals surface area (Å²) in [5, 5.41) is -0.604. The molecule has 0 aromatic rings. The molecule has 70 valence electrons. The van der Waals surface area contributed by atoms with Gasteiger partial charge in [-0.3, -0.25) is 4.79 Å². The van der Waals surface area contributed by atoms with E-state index in [2.05, 4.69) is 0 Å². The molecule has 1 fully saturated rings. The first kappa shape index (κ1) is 10.1. The third-order valence-electron chi connectivity index (χ3n) is 2.13. The molecule has 0 spiro atoms. The highest BCUT2D eigenvalue weighted by Crippen LogP contribution is 2.25. The molecule has 0 aromatic heterocycles. The molecule has 0 amide bonds. The summed E-state index contributed by atoms with van der Waals surface area (Å²) in [4.78, 5) is 11.1. The van der Waals surface area contributed by atoms with E-state index in [0.717, 1.165) is 12.8 Å². The molecule has 0 N–H and O–H groups in total. The average molecular weight is 211 g/mol. The second kappa shape index (κ2) is 4.33. The van der Waals surface area contributed by atoms with Crippen molar-refractivity contribution in [3.63, 3.8) is 0 Å². The molecule has 1 aliphatic heterocycles. The molecule has 3 atom stereocenters. The monoisotopic (exact) mass is 210 g/mol. The van der Waals surface area contributed by atoms with E-state index in [4.69, 9.17) is 27.9 Å². The second-order valence-electron chi connectivity index (χ2n) is 3.09. The Labute approximate surface area is 82.2 Å². The molecule has 0 bridgehead atoms. The van der Waals surface area contributed by atoms with Crippen LogP contribution in [-0.4, -0.2) is 23.3 Å². The number of hydrogen-bond donors (Lipinski definition) is 0. The maximum Gasteiger partial charge on any atom is 0.324 e. The fourth-order valence-electron chi connectivity index (χ4n) is 1.19. The SMILES string of the molecule is C[C@@H]1[C@H](Cl)CCCOC(=O)[C@@H]1Cl. The highest BCUT2D eigenvalue weighted by Gasteiger charge is 2.30. The molecule has 2 nitrogen and oxygen atoms in total. The Morgan fingerprint density at radius 3 is 2.83 bits per heavy atom. The summed E-state index contributed by atoms with van der Waals surface area (Å²) in [7, 11) is 0. The van der Waals surface area contributed by atoms with Gasteiger partial charge >= 0.3 is 5.97 Å². The van der Waals surface area contributed by atoms with E-state index >= 15 is 0 Å². The van der Waals surface area contributed by atoms with Crippen molar-refractivity contribution in [1.29, 1.82) is 0 Å². The van der Waals surface area contributed by atoms with Gasteiger partial charge in [-0.15, -0.1) is 23.2 Å². The standard InChI is InChI=1S/C8H12Cl2O2/c1-5-6(9)3-2-4-12-8(11)7(5)10/h5-7H,2-4H2,1H3/t5-,6-,7-/m1/s1. The molecule has 0 unspecified atom stereocenters. The average Bonchev–Trinajstić information content (AvgIpc) is 2.07. The zero-order valence-electron chi connectivity index (χ0n) is 6.93. The van der Waals surface area contributed by atoms with Gasteiger partial charge in [0.25, 0.3) is 0 Å². The van der Waals surface area contributed by atoms with Crippen molar-refractivity contribution >= 4 is 29.2 Å². The van der Waals surface area contributed by atoms with E-state index in [9.17, 15) is 4.79 Å². The van der Waals surface area contributed by atoms with Gasteiger partial charge in [0.1, 0.15) is 5.38 Å². The molecule has 12 heavy (non-hydrogen) atoms. The molecule has 1 heterocycles. The van der Waals surface area contributed by atoms with Crippen LogP contribution in [0.3, 0.4) is 0 Å². The number of esters is 1. The lowest BCUT2D eigenvalue weighted by Gasteiger charge is -2.24. The summed E-state index contributed by atoms with van der Waals surface area (Å²) in [5.41, 5.74) is 0. The van der Waals surface area contributed by atoms with Crippen LogP contribution in [0.4, 0.5) is 0 Å². The van der Waals surface area contributed by atoms with Crippen molar-refractivity contribution in [2.75, 3.05) is 6.61 Å². The van der Waals surface area contributed by atoms with Gasteiger partial charge in [0.2, 0.25) is 0 Å². The number of hydrogen-bond acceptors (Lipinski definition) is 2. The second-order valence-corrected chi connectivity index (χ2v) is 4.12. The summed E-state index contributed by atoms with van der Waals surface area (Å²) in [5.74, 6) is -0.351. The van der Waals surface area contributed by atoms with Crippen LogP contribution in [0.5, 0.6) is 0 Å². The summed E-state index contributed by atoms with van der Waals surface area (Å²) in [6.07, 6.45) is 1.69. The van der Waals surface area contributed by atoms with Crippen LogP contribution >= 0.6 is 23.2 Å². The van der Waals surface area contributed by atoms with Crippen LogP contribution in [-0.2, 0) is 9.53 Å². The summed E-state index contributed by atoms with van der Waals surface area (Å²) in [6, 6.07) is 0. The van der Waals surface area contributed by atoms with Crippen LogP contribution in [0, 0.1) is 5.92 Å². The Morgan fingerprint density at radius 2 is 2.17 bits per heavy atom. The molecular formula is C8H12Cl2O2. The minimum absolute atomic E-state index is 0.0128. The number of halogens is 2. The summed E-state index contributed by atoms with van der Waals surface area (Å²) < 4.78 is 4.88. The fraction of sp³-hybridized carbons (Fsp3) is 0.875. The van der Waals surface area contributed by atoms with Crippen molar-refractivity contribution in [3.8, 4) is 0 Å². The maximum atomic E-state index is 11.1. The smallest absolute Gasteiger partial charge is 0.324 e. The lowest BCUT2D eigenvalue weighted by atomic mass is 9.98. The van der Waals surface area contributed by atoms with Crippen LogP contribution in [0.25, 0.3) is 0 Å². The predicted octanol–water partition coefficient (Wildman–Crippen LogP) is 2.17. The normalized spacial score (nSPS) is 38.2. The molecular weight excluding hydrogens is 199 g/mol. The fourth-order valence-corrected chi connectivity index (χ4v) is 1.80. The van der Waals surface area contributed by atoms with Gasteiger partial charge in [0, 0.05) is 5.38 Å². The molecule has 0 aliphatic carbocycles. The lowest BCUT2D eigenvalue weighted by molar-refractivity contribution is -0.145. The first-order valence-electron chi connectivity index (χ1n) is 4.07. The lowest BCUT2D eigenvalue weighted by Crippen LogP contribution is -2.33. The van der Waals surface area contributed by atoms with E-state index in [0.29, 0.717) is 6.61 Å². The van der Waals surface area contributed by atoms with E-state index in [1.54, 1.807) is 0 Å². The van der Waals surface area contributed by atoms with Crippen LogP contribution in [0.15, 0.2) is 0 Å². The van der Waals surface area contributed by atoms with Gasteiger partial charge in [-0.1, -0.05) is 6.92 Å². The van der Waals surface area contributed by atoms with E-state index in [-0.39, 0.29) is 17.3 Å². The predicted molar refractivity (Wildman–Crippen MR) is 48.6 cm³/mol. The Balaban J connectivity index is 2.61. The largest absolute Gasteiger partial charge is 0.465 e. The third kappa shape index (κ3) is 2.27. The maximum absolute atomic E-state index is 11.1. The van der Waals surface area contributed by atoms with Crippen molar-refractivity contribution in [2.24, 2.45) is 5.92 Å². The minimum atomic E-state index is -0.590. The first-order chi connectivity index (χ1) is 5.63. The number of ether oxygens (including phenoxy) is 1. The Bertz CT molecular complexity index is 172. The van der Waals surface area contributed by atoms with E-state index in [1.807, 2.05) is 6.92 Å². The van der Waals surface area contributed by atoms with Gasteiger partial charge in [0.05, 0.1) is 6.61 Å². The van der Waals surface area contributed by atoms with Gasteiger partial charge in [-0.2, -0.15) is 0 Å². The first-order valence-corrected chi connectivity index (χ1v) is 4.95. The summed E-state index contributed by atoms with van der Waals surface area (Å²) >= 11 is 11.8. The van der Waals surface area contributed by atoms with Crippen LogP contribution in [0.2, 0.25) is 0 Å². The van der Waals surface area contributed by atoms with E-state index in [1.165, 1.54) is 0 Å². The number of cyclic esters (lactones) is 1. The minimum Gasteiger partial charge on any atom is -0.465 e. The Morgan fingerprint density at radius 1 is 1.50 bits per heavy atom. The highest BCUT2D eigenvalue weighted by atomic mass is 35.5. The molecule has 0 aromatic carbocycles. The third-order valence-corrected chi connectivity index (χ3v) is 3.32. The molecule has 4 heteroatoms. The van der Waals surface area contributed by atoms with Crippen molar-refractivity contribution < 1.29 is 9.53 Å². The molecule has 0 saturated carbocycles. The van der Waals surface area contributed by atoms with Crippen LogP contribution in [0.1, 0.15) is 19.8 Å². The number of alkyl halides is 2. The molecule has 1 saturated heterocycles. The van der Waals surface area contributed by atoms with Crippen molar-refractivity contribution in [1.82, 2.24) is 0 Å². The molecule has 1 rings (SSSR count). The van der Waals surface area contributed by atoms with Crippen LogP contribution < -0.4 is 0 Å². The molecule has 0 radical (unpaired) electrons. The topological polar surface area (TPSA) is 26.3 Å². The zero-order chi connectivity index (χ0) is 9.14. The van der Waals surface area contributed by atoms with Crippen molar-refractivity contribution in [2.45, 2.75) is 30.5 Å². The Hall–Kier alpha value is 0.0500. The van der Waals surface area contributed by atoms with E-state index < -0.39 is 5.38 Å². The highest BCUT2D eigenvalue weighted by molar-refractivity contribution is 6.31. The van der Waals surface area contributed by atoms with Gasteiger partial charge in [-0.05, 0) is 18.8 Å². The van der Waals surface area contributed by atoms with Crippen molar-refractivity contribution in [3.05, 3.63) is 0 Å².